The summed E-state index contributed by atoms with van der Waals surface area (Å²) < 4.78 is 12.2. The standard InChI is InChI=1S/C7H4FN.ClH/c8-7-3-1-2-6(4-7)5-9;/h1-4H;1H. The lowest BCUT2D eigenvalue weighted by molar-refractivity contribution is 0.627. The number of halogens is 2. The Morgan fingerprint density at radius 2 is 2.10 bits per heavy atom. The Bertz CT molecular complexity index is 254. The molecule has 0 amide bonds. The van der Waals surface area contributed by atoms with Crippen LogP contribution in [0.4, 0.5) is 4.39 Å². The van der Waals surface area contributed by atoms with Gasteiger partial charge in [0.15, 0.2) is 0 Å². The average molecular weight is 158 g/mol. The van der Waals surface area contributed by atoms with Crippen molar-refractivity contribution in [3.05, 3.63) is 35.6 Å². The van der Waals surface area contributed by atoms with Gasteiger partial charge in [0.1, 0.15) is 5.82 Å². The van der Waals surface area contributed by atoms with Crippen molar-refractivity contribution in [2.75, 3.05) is 0 Å². The monoisotopic (exact) mass is 157 g/mol. The molecule has 0 aromatic heterocycles. The van der Waals surface area contributed by atoms with Crippen LogP contribution in [0.2, 0.25) is 0 Å². The van der Waals surface area contributed by atoms with Crippen LogP contribution >= 0.6 is 12.4 Å². The van der Waals surface area contributed by atoms with Gasteiger partial charge in [0.25, 0.3) is 0 Å². The van der Waals surface area contributed by atoms with Crippen LogP contribution < -0.4 is 0 Å². The topological polar surface area (TPSA) is 23.8 Å². The summed E-state index contributed by atoms with van der Waals surface area (Å²) in [5.74, 6) is -0.367. The molecule has 0 saturated carbocycles. The summed E-state index contributed by atoms with van der Waals surface area (Å²) in [5, 5.41) is 8.25. The molecule has 0 aliphatic rings. The lowest BCUT2D eigenvalue weighted by Gasteiger charge is -1.85. The second-order valence-corrected chi connectivity index (χ2v) is 1.62. The minimum absolute atomic E-state index is 0. The van der Waals surface area contributed by atoms with Gasteiger partial charge in [-0.05, 0) is 18.2 Å². The first kappa shape index (κ1) is 8.93. The second kappa shape index (κ2) is 3.86. The molecule has 0 unspecified atom stereocenters. The Balaban J connectivity index is 0.000000810. The number of hydrogen-bond acceptors (Lipinski definition) is 1. The van der Waals surface area contributed by atoms with E-state index in [1.807, 2.05) is 6.07 Å². The zero-order valence-corrected chi connectivity index (χ0v) is 5.86. The van der Waals surface area contributed by atoms with E-state index in [2.05, 4.69) is 0 Å². The van der Waals surface area contributed by atoms with Gasteiger partial charge in [-0.15, -0.1) is 12.4 Å². The molecule has 1 aromatic carbocycles. The van der Waals surface area contributed by atoms with Crippen LogP contribution in [0.15, 0.2) is 24.3 Å². The van der Waals surface area contributed by atoms with E-state index in [1.54, 1.807) is 6.07 Å². The third-order valence-corrected chi connectivity index (χ3v) is 0.954. The molecule has 0 saturated heterocycles. The minimum atomic E-state index is -0.367. The van der Waals surface area contributed by atoms with Gasteiger partial charge in [0.05, 0.1) is 11.6 Å². The molecule has 1 rings (SSSR count). The van der Waals surface area contributed by atoms with Gasteiger partial charge in [-0.3, -0.25) is 0 Å². The van der Waals surface area contributed by atoms with Crippen molar-refractivity contribution in [2.45, 2.75) is 0 Å². The highest BCUT2D eigenvalue weighted by atomic mass is 35.5. The molecular formula is C7H5ClFN. The molecule has 1 aromatic rings. The summed E-state index contributed by atoms with van der Waals surface area (Å²) >= 11 is 0. The molecule has 0 fully saturated rings. The van der Waals surface area contributed by atoms with Gasteiger partial charge < -0.3 is 0 Å². The quantitative estimate of drug-likeness (QED) is 0.566. The highest BCUT2D eigenvalue weighted by Crippen LogP contribution is 2.00. The number of benzene rings is 1. The van der Waals surface area contributed by atoms with Crippen molar-refractivity contribution in [3.8, 4) is 6.07 Å². The van der Waals surface area contributed by atoms with Gasteiger partial charge in [-0.2, -0.15) is 5.26 Å². The lowest BCUT2D eigenvalue weighted by Crippen LogP contribution is -1.74. The summed E-state index contributed by atoms with van der Waals surface area (Å²) in [6.07, 6.45) is 0. The fourth-order valence-corrected chi connectivity index (χ4v) is 0.558. The molecule has 52 valence electrons. The predicted octanol–water partition coefficient (Wildman–Crippen LogP) is 2.12. The first-order valence-electron chi connectivity index (χ1n) is 2.48. The van der Waals surface area contributed by atoms with E-state index in [0.29, 0.717) is 5.56 Å². The molecule has 0 spiro atoms. The smallest absolute Gasteiger partial charge is 0.124 e. The molecular weight excluding hydrogens is 153 g/mol. The maximum absolute atomic E-state index is 12.2. The number of nitriles is 1. The predicted molar refractivity (Wildman–Crippen MR) is 38.4 cm³/mol. The zero-order chi connectivity index (χ0) is 6.69. The van der Waals surface area contributed by atoms with Gasteiger partial charge in [0.2, 0.25) is 0 Å². The molecule has 0 aliphatic carbocycles. The van der Waals surface area contributed by atoms with Gasteiger partial charge in [0, 0.05) is 0 Å². The van der Waals surface area contributed by atoms with Crippen molar-refractivity contribution in [1.82, 2.24) is 0 Å². The Hall–Kier alpha value is -1.07. The summed E-state index contributed by atoms with van der Waals surface area (Å²) in [7, 11) is 0. The Labute approximate surface area is 64.5 Å². The highest BCUT2D eigenvalue weighted by Gasteiger charge is 1.89. The highest BCUT2D eigenvalue weighted by molar-refractivity contribution is 5.85. The summed E-state index contributed by atoms with van der Waals surface area (Å²) in [5.41, 5.74) is 0.356. The fraction of sp³-hybridized carbons (Fsp3) is 0. The molecule has 0 N–H and O–H groups in total. The zero-order valence-electron chi connectivity index (χ0n) is 5.04. The van der Waals surface area contributed by atoms with Crippen molar-refractivity contribution < 1.29 is 4.39 Å². The third kappa shape index (κ3) is 2.04. The van der Waals surface area contributed by atoms with Crippen LogP contribution in [-0.4, -0.2) is 0 Å². The van der Waals surface area contributed by atoms with Crippen LogP contribution in [-0.2, 0) is 0 Å². The summed E-state index contributed by atoms with van der Waals surface area (Å²) in [6.45, 7) is 0. The first-order chi connectivity index (χ1) is 4.33. The molecule has 10 heavy (non-hydrogen) atoms. The van der Waals surface area contributed by atoms with Crippen molar-refractivity contribution in [2.24, 2.45) is 0 Å². The van der Waals surface area contributed by atoms with E-state index in [-0.39, 0.29) is 18.2 Å². The van der Waals surface area contributed by atoms with Crippen LogP contribution in [0, 0.1) is 17.1 Å². The van der Waals surface area contributed by atoms with E-state index in [4.69, 9.17) is 5.26 Å². The lowest BCUT2D eigenvalue weighted by atomic mass is 10.2. The Morgan fingerprint density at radius 3 is 2.50 bits per heavy atom. The molecule has 0 radical (unpaired) electrons. The van der Waals surface area contributed by atoms with Gasteiger partial charge in [-0.1, -0.05) is 6.07 Å². The van der Waals surface area contributed by atoms with Crippen molar-refractivity contribution in [1.29, 1.82) is 5.26 Å². The number of rotatable bonds is 0. The van der Waals surface area contributed by atoms with Crippen molar-refractivity contribution >= 4 is 12.4 Å². The van der Waals surface area contributed by atoms with Crippen LogP contribution in [0.1, 0.15) is 5.56 Å². The summed E-state index contributed by atoms with van der Waals surface area (Å²) in [4.78, 5) is 0. The second-order valence-electron chi connectivity index (χ2n) is 1.62. The largest absolute Gasteiger partial charge is 0.207 e. The van der Waals surface area contributed by atoms with E-state index in [1.165, 1.54) is 18.2 Å². The number of nitrogens with zero attached hydrogens (tertiary/aromatic N) is 1. The molecule has 3 heteroatoms. The summed E-state index contributed by atoms with van der Waals surface area (Å²) in [6, 6.07) is 7.40. The molecule has 0 aliphatic heterocycles. The maximum Gasteiger partial charge on any atom is 0.124 e. The van der Waals surface area contributed by atoms with Crippen LogP contribution in [0.5, 0.6) is 0 Å². The molecule has 1 nitrogen and oxygen atoms in total. The third-order valence-electron chi connectivity index (χ3n) is 0.954. The molecule has 0 bridgehead atoms. The van der Waals surface area contributed by atoms with Gasteiger partial charge >= 0.3 is 0 Å². The van der Waals surface area contributed by atoms with E-state index < -0.39 is 0 Å². The Morgan fingerprint density at radius 1 is 1.40 bits per heavy atom. The van der Waals surface area contributed by atoms with Crippen molar-refractivity contribution in [3.63, 3.8) is 0 Å². The van der Waals surface area contributed by atoms with Gasteiger partial charge in [-0.25, -0.2) is 4.39 Å². The van der Waals surface area contributed by atoms with Crippen LogP contribution in [0.25, 0.3) is 0 Å². The first-order valence-corrected chi connectivity index (χ1v) is 2.48. The van der Waals surface area contributed by atoms with E-state index >= 15 is 0 Å². The maximum atomic E-state index is 12.2. The average Bonchev–Trinajstić information content (AvgIpc) is 1.88. The Kier molecular flexibility index (Phi) is 3.45. The normalized spacial score (nSPS) is 7.60. The van der Waals surface area contributed by atoms with Crippen LogP contribution in [0.3, 0.4) is 0 Å². The molecule has 0 heterocycles. The fourth-order valence-electron chi connectivity index (χ4n) is 0.558. The van der Waals surface area contributed by atoms with E-state index in [9.17, 15) is 4.39 Å². The minimum Gasteiger partial charge on any atom is -0.207 e. The molecule has 0 atom stereocenters. The van der Waals surface area contributed by atoms with E-state index in [0.717, 1.165) is 0 Å². The number of hydrogen-bond donors (Lipinski definition) is 0. The SMILES string of the molecule is Cl.N#Cc1cccc(F)c1.